The Bertz CT molecular complexity index is 1070. The van der Waals surface area contributed by atoms with E-state index in [1.807, 2.05) is 60.1 Å². The van der Waals surface area contributed by atoms with Gasteiger partial charge in [0, 0.05) is 22.5 Å². The maximum Gasteiger partial charge on any atom is 0.265 e. The first-order valence-electron chi connectivity index (χ1n) is 7.35. The lowest BCUT2D eigenvalue weighted by molar-refractivity contribution is 0.949. The van der Waals surface area contributed by atoms with Gasteiger partial charge in [0.05, 0.1) is 11.7 Å². The zero-order chi connectivity index (χ0) is 16.5. The van der Waals surface area contributed by atoms with Crippen molar-refractivity contribution in [1.29, 1.82) is 0 Å². The minimum absolute atomic E-state index is 0.358. The number of anilines is 1. The van der Waals surface area contributed by atoms with E-state index in [0.717, 1.165) is 32.1 Å². The van der Waals surface area contributed by atoms with Crippen LogP contribution in [0.15, 0.2) is 58.1 Å². The van der Waals surface area contributed by atoms with Gasteiger partial charge in [-0.15, -0.1) is 10.2 Å². The van der Waals surface area contributed by atoms with E-state index in [-0.39, 0.29) is 0 Å². The van der Waals surface area contributed by atoms with Crippen LogP contribution in [0.4, 0.5) is 5.95 Å². The van der Waals surface area contributed by atoms with Crippen molar-refractivity contribution in [3.05, 3.63) is 58.6 Å². The molecular weight excluding hydrogens is 368 g/mol. The molecule has 6 nitrogen and oxygen atoms in total. The molecule has 2 aromatic heterocycles. The number of hydrogen-bond acceptors (Lipinski definition) is 5. The van der Waals surface area contributed by atoms with Gasteiger partial charge in [-0.3, -0.25) is 0 Å². The van der Waals surface area contributed by atoms with Crippen LogP contribution in [0, 0.1) is 0 Å². The third-order valence-corrected chi connectivity index (χ3v) is 4.50. The lowest BCUT2D eigenvalue weighted by atomic mass is 10.2. The molecule has 0 atom stereocenters. The quantitative estimate of drug-likeness (QED) is 0.434. The second-order valence-electron chi connectivity index (χ2n) is 5.28. The number of halogens is 1. The van der Waals surface area contributed by atoms with Crippen molar-refractivity contribution in [1.82, 2.24) is 19.7 Å². The van der Waals surface area contributed by atoms with Gasteiger partial charge in [-0.1, -0.05) is 52.3 Å². The fourth-order valence-electron chi connectivity index (χ4n) is 2.59. The van der Waals surface area contributed by atoms with Crippen molar-refractivity contribution in [2.45, 2.75) is 0 Å². The van der Waals surface area contributed by atoms with Crippen LogP contribution in [-0.2, 0) is 7.05 Å². The molecule has 0 radical (unpaired) electrons. The zero-order valence-electron chi connectivity index (χ0n) is 12.8. The Morgan fingerprint density at radius 2 is 1.88 bits per heavy atom. The highest BCUT2D eigenvalue weighted by Crippen LogP contribution is 2.24. The maximum absolute atomic E-state index is 4.52. The molecule has 2 heterocycles. The predicted octanol–water partition coefficient (Wildman–Crippen LogP) is 3.73. The number of hydrogen-bond donors (Lipinski definition) is 1. The molecule has 0 fully saturated rings. The van der Waals surface area contributed by atoms with Crippen molar-refractivity contribution in [2.75, 3.05) is 5.43 Å². The molecule has 7 heteroatoms. The monoisotopic (exact) mass is 380 g/mol. The lowest BCUT2D eigenvalue weighted by Crippen LogP contribution is -2.00. The summed E-state index contributed by atoms with van der Waals surface area (Å²) >= 11 is 3.48. The van der Waals surface area contributed by atoms with Gasteiger partial charge in [0.2, 0.25) is 0 Å². The number of hydrazone groups is 1. The van der Waals surface area contributed by atoms with Gasteiger partial charge in [0.1, 0.15) is 5.52 Å². The van der Waals surface area contributed by atoms with Gasteiger partial charge in [-0.2, -0.15) is 10.1 Å². The third kappa shape index (κ3) is 2.52. The Hall–Kier alpha value is -2.80. The van der Waals surface area contributed by atoms with Crippen molar-refractivity contribution in [3.8, 4) is 0 Å². The van der Waals surface area contributed by atoms with Crippen LogP contribution in [-0.4, -0.2) is 26.0 Å². The molecule has 0 spiro atoms. The van der Waals surface area contributed by atoms with Gasteiger partial charge < -0.3 is 4.57 Å². The average molecular weight is 381 g/mol. The van der Waals surface area contributed by atoms with E-state index < -0.39 is 0 Å². The number of fused-ring (bicyclic) bond motifs is 3. The number of benzene rings is 2. The minimum atomic E-state index is 0.358. The fourth-order valence-corrected chi connectivity index (χ4v) is 2.98. The van der Waals surface area contributed by atoms with Crippen molar-refractivity contribution in [2.24, 2.45) is 12.1 Å². The van der Waals surface area contributed by atoms with E-state index in [2.05, 4.69) is 41.6 Å². The van der Waals surface area contributed by atoms with Gasteiger partial charge in [0.15, 0.2) is 5.65 Å². The first-order chi connectivity index (χ1) is 11.7. The number of nitrogens with zero attached hydrogens (tertiary/aromatic N) is 5. The molecule has 0 unspecified atom stereocenters. The summed E-state index contributed by atoms with van der Waals surface area (Å²) in [5.74, 6) is 0.358. The third-order valence-electron chi connectivity index (χ3n) is 3.78. The average Bonchev–Trinajstić information content (AvgIpc) is 2.90. The molecule has 0 saturated heterocycles. The van der Waals surface area contributed by atoms with Crippen LogP contribution in [0.1, 0.15) is 5.56 Å². The Labute approximate surface area is 146 Å². The number of para-hydroxylation sites is 1. The van der Waals surface area contributed by atoms with E-state index in [1.54, 1.807) is 6.21 Å². The second-order valence-corrected chi connectivity index (χ2v) is 6.13. The van der Waals surface area contributed by atoms with Gasteiger partial charge in [-0.25, -0.2) is 5.43 Å². The molecule has 0 aliphatic heterocycles. The number of rotatable bonds is 3. The van der Waals surface area contributed by atoms with Crippen molar-refractivity contribution >= 4 is 50.2 Å². The fraction of sp³-hybridized carbons (Fsp3) is 0.0588. The SMILES string of the molecule is Cn1c2ccccc2c2nnc(N/N=C\c3ccccc3Br)nc21. The van der Waals surface area contributed by atoms with E-state index in [4.69, 9.17) is 0 Å². The minimum Gasteiger partial charge on any atom is -0.327 e. The molecule has 4 rings (SSSR count). The molecule has 0 saturated carbocycles. The predicted molar refractivity (Wildman–Crippen MR) is 99.2 cm³/mol. The van der Waals surface area contributed by atoms with Gasteiger partial charge in [0.25, 0.3) is 5.95 Å². The van der Waals surface area contributed by atoms with Crippen LogP contribution >= 0.6 is 15.9 Å². The molecule has 1 N–H and O–H groups in total. The van der Waals surface area contributed by atoms with E-state index in [0.29, 0.717) is 5.95 Å². The Kier molecular flexibility index (Phi) is 3.70. The van der Waals surface area contributed by atoms with Crippen molar-refractivity contribution in [3.63, 3.8) is 0 Å². The molecule has 118 valence electrons. The highest BCUT2D eigenvalue weighted by molar-refractivity contribution is 9.10. The molecule has 0 aliphatic carbocycles. The molecule has 0 aliphatic rings. The smallest absolute Gasteiger partial charge is 0.265 e. The number of aromatic nitrogens is 4. The van der Waals surface area contributed by atoms with E-state index >= 15 is 0 Å². The van der Waals surface area contributed by atoms with Gasteiger partial charge >= 0.3 is 0 Å². The van der Waals surface area contributed by atoms with Crippen LogP contribution in [0.5, 0.6) is 0 Å². The highest BCUT2D eigenvalue weighted by atomic mass is 79.9. The molecule has 4 aromatic rings. The topological polar surface area (TPSA) is 68.0 Å². The second kappa shape index (κ2) is 6.01. The summed E-state index contributed by atoms with van der Waals surface area (Å²) in [5.41, 5.74) is 6.42. The molecule has 2 aromatic carbocycles. The van der Waals surface area contributed by atoms with Crippen LogP contribution in [0.3, 0.4) is 0 Å². The summed E-state index contributed by atoms with van der Waals surface area (Å²) in [7, 11) is 1.97. The van der Waals surface area contributed by atoms with Crippen LogP contribution in [0.2, 0.25) is 0 Å². The summed E-state index contributed by atoms with van der Waals surface area (Å²) in [5, 5.41) is 13.6. The van der Waals surface area contributed by atoms with E-state index in [1.165, 1.54) is 0 Å². The lowest BCUT2D eigenvalue weighted by Gasteiger charge is -2.00. The normalized spacial score (nSPS) is 11.6. The van der Waals surface area contributed by atoms with E-state index in [9.17, 15) is 0 Å². The standard InChI is InChI=1S/C17H13BrN6/c1-24-14-9-5-3-7-12(14)15-16(24)20-17(23-21-15)22-19-10-11-6-2-4-8-13(11)18/h2-10H,1H3,(H,20,22,23)/b19-10-. The Morgan fingerprint density at radius 1 is 1.08 bits per heavy atom. The molecule has 0 bridgehead atoms. The van der Waals surface area contributed by atoms with Crippen LogP contribution in [0.25, 0.3) is 22.1 Å². The molecule has 24 heavy (non-hydrogen) atoms. The zero-order valence-corrected chi connectivity index (χ0v) is 14.4. The summed E-state index contributed by atoms with van der Waals surface area (Å²) in [6.45, 7) is 0. The number of nitrogens with one attached hydrogen (secondary N) is 1. The van der Waals surface area contributed by atoms with Gasteiger partial charge in [-0.05, 0) is 12.1 Å². The summed E-state index contributed by atoms with van der Waals surface area (Å²) in [4.78, 5) is 4.52. The summed E-state index contributed by atoms with van der Waals surface area (Å²) in [6, 6.07) is 15.9. The first-order valence-corrected chi connectivity index (χ1v) is 8.15. The van der Waals surface area contributed by atoms with Crippen LogP contribution < -0.4 is 5.43 Å². The highest BCUT2D eigenvalue weighted by Gasteiger charge is 2.11. The van der Waals surface area contributed by atoms with Crippen molar-refractivity contribution < 1.29 is 0 Å². The summed E-state index contributed by atoms with van der Waals surface area (Å²) < 4.78 is 2.97. The Balaban J connectivity index is 1.67. The Morgan fingerprint density at radius 3 is 2.75 bits per heavy atom. The maximum atomic E-state index is 4.52. The first kappa shape index (κ1) is 14.8. The number of aryl methyl sites for hydroxylation is 1. The summed E-state index contributed by atoms with van der Waals surface area (Å²) in [6.07, 6.45) is 1.71. The largest absolute Gasteiger partial charge is 0.327 e. The molecule has 0 amide bonds. The molecular formula is C17H13BrN6.